The summed E-state index contributed by atoms with van der Waals surface area (Å²) >= 11 is 3.51. The van der Waals surface area contributed by atoms with Crippen LogP contribution in [0.25, 0.3) is 5.82 Å². The van der Waals surface area contributed by atoms with E-state index in [1.165, 1.54) is 5.69 Å². The van der Waals surface area contributed by atoms with Gasteiger partial charge < -0.3 is 14.8 Å². The average molecular weight is 416 g/mol. The molecule has 0 aliphatic rings. The molecule has 0 bridgehead atoms. The lowest BCUT2D eigenvalue weighted by Crippen LogP contribution is -2.38. The van der Waals surface area contributed by atoms with Gasteiger partial charge in [0.1, 0.15) is 0 Å². The Morgan fingerprint density at radius 1 is 1.35 bits per heavy atom. The summed E-state index contributed by atoms with van der Waals surface area (Å²) in [4.78, 5) is 10.8. The molecule has 0 aliphatic heterocycles. The first-order valence-electron chi connectivity index (χ1n) is 8.24. The van der Waals surface area contributed by atoms with Crippen molar-refractivity contribution >= 4 is 21.9 Å². The fourth-order valence-corrected chi connectivity index (χ4v) is 3.28. The van der Waals surface area contributed by atoms with Gasteiger partial charge in [0.25, 0.3) is 0 Å². The van der Waals surface area contributed by atoms with Gasteiger partial charge in [0, 0.05) is 62.6 Å². The highest BCUT2D eigenvalue weighted by Crippen LogP contribution is 2.15. The van der Waals surface area contributed by atoms with E-state index in [0.29, 0.717) is 6.54 Å². The van der Waals surface area contributed by atoms with Crippen LogP contribution >= 0.6 is 15.9 Å². The van der Waals surface area contributed by atoms with Gasteiger partial charge in [0.05, 0.1) is 6.54 Å². The maximum absolute atomic E-state index is 4.39. The summed E-state index contributed by atoms with van der Waals surface area (Å²) < 4.78 is 4.93. The number of guanidine groups is 1. The van der Waals surface area contributed by atoms with Gasteiger partial charge in [-0.1, -0.05) is 0 Å². The van der Waals surface area contributed by atoms with E-state index in [2.05, 4.69) is 51.9 Å². The standard InChI is InChI=1S/C18H22BrN7/c1-20-18(25(3)13-16-10-15(19)12-24(16)2)22-11-14-5-7-21-17(9-14)26-8-4-6-23-26/h4-10,12H,11,13H2,1-3H3,(H,20,22). The molecule has 0 atom stereocenters. The van der Waals surface area contributed by atoms with Crippen LogP contribution in [-0.2, 0) is 20.1 Å². The minimum absolute atomic E-state index is 0.657. The molecule has 0 unspecified atom stereocenters. The zero-order valence-electron chi connectivity index (χ0n) is 15.1. The Bertz CT molecular complexity index is 883. The summed E-state index contributed by atoms with van der Waals surface area (Å²) in [5.41, 5.74) is 2.31. The van der Waals surface area contributed by atoms with Crippen LogP contribution in [0, 0.1) is 0 Å². The molecule has 3 rings (SSSR count). The van der Waals surface area contributed by atoms with Crippen LogP contribution in [0.1, 0.15) is 11.3 Å². The Balaban J connectivity index is 1.64. The lowest BCUT2D eigenvalue weighted by atomic mass is 10.2. The number of aromatic nitrogens is 4. The highest BCUT2D eigenvalue weighted by molar-refractivity contribution is 9.10. The maximum atomic E-state index is 4.39. The van der Waals surface area contributed by atoms with Gasteiger partial charge in [0.2, 0.25) is 0 Å². The minimum atomic E-state index is 0.657. The number of rotatable bonds is 5. The lowest BCUT2D eigenvalue weighted by molar-refractivity contribution is 0.461. The summed E-state index contributed by atoms with van der Waals surface area (Å²) in [6, 6.07) is 8.00. The van der Waals surface area contributed by atoms with Crippen LogP contribution in [0.4, 0.5) is 0 Å². The van der Waals surface area contributed by atoms with Gasteiger partial charge in [-0.15, -0.1) is 0 Å². The van der Waals surface area contributed by atoms with Crippen LogP contribution in [0.5, 0.6) is 0 Å². The highest BCUT2D eigenvalue weighted by atomic mass is 79.9. The highest BCUT2D eigenvalue weighted by Gasteiger charge is 2.10. The molecule has 0 aliphatic carbocycles. The Labute approximate surface area is 161 Å². The summed E-state index contributed by atoms with van der Waals surface area (Å²) in [5, 5.41) is 7.62. The first-order chi connectivity index (χ1) is 12.6. The zero-order chi connectivity index (χ0) is 18.5. The van der Waals surface area contributed by atoms with E-state index in [1.807, 2.05) is 44.7 Å². The number of halogens is 1. The first-order valence-corrected chi connectivity index (χ1v) is 9.03. The van der Waals surface area contributed by atoms with Crippen molar-refractivity contribution in [1.29, 1.82) is 0 Å². The van der Waals surface area contributed by atoms with Crippen LogP contribution in [-0.4, -0.2) is 44.3 Å². The molecule has 0 saturated carbocycles. The number of aliphatic imine (C=N–C) groups is 1. The first kappa shape index (κ1) is 18.2. The molecule has 0 radical (unpaired) electrons. The van der Waals surface area contributed by atoms with E-state index in [9.17, 15) is 0 Å². The molecule has 0 aromatic carbocycles. The third-order valence-electron chi connectivity index (χ3n) is 4.05. The van der Waals surface area contributed by atoms with Gasteiger partial charge in [-0.05, 0) is 45.8 Å². The molecule has 1 N–H and O–H groups in total. The van der Waals surface area contributed by atoms with Crippen LogP contribution in [0.2, 0.25) is 0 Å². The van der Waals surface area contributed by atoms with Crippen molar-refractivity contribution in [3.63, 3.8) is 0 Å². The summed E-state index contributed by atoms with van der Waals surface area (Å²) in [6.07, 6.45) is 7.46. The number of nitrogens with zero attached hydrogens (tertiary/aromatic N) is 6. The number of nitrogens with one attached hydrogen (secondary N) is 1. The number of hydrogen-bond donors (Lipinski definition) is 1. The SMILES string of the molecule is CN=C(NCc1ccnc(-n2cccn2)c1)N(C)Cc1cc(Br)cn1C. The smallest absolute Gasteiger partial charge is 0.194 e. The molecular weight excluding hydrogens is 394 g/mol. The van der Waals surface area contributed by atoms with Crippen LogP contribution in [0.3, 0.4) is 0 Å². The van der Waals surface area contributed by atoms with Crippen molar-refractivity contribution in [2.75, 3.05) is 14.1 Å². The van der Waals surface area contributed by atoms with Crippen molar-refractivity contribution in [3.05, 3.63) is 64.8 Å². The fourth-order valence-electron chi connectivity index (χ4n) is 2.71. The zero-order valence-corrected chi connectivity index (χ0v) is 16.7. The normalized spacial score (nSPS) is 11.6. The van der Waals surface area contributed by atoms with Gasteiger partial charge >= 0.3 is 0 Å². The lowest BCUT2D eigenvalue weighted by Gasteiger charge is -2.22. The second kappa shape index (κ2) is 8.18. The van der Waals surface area contributed by atoms with E-state index in [1.54, 1.807) is 24.1 Å². The molecule has 0 saturated heterocycles. The molecule has 136 valence electrons. The molecule has 0 amide bonds. The monoisotopic (exact) mass is 415 g/mol. The van der Waals surface area contributed by atoms with E-state index in [-0.39, 0.29) is 0 Å². The molecule has 0 fully saturated rings. The van der Waals surface area contributed by atoms with E-state index < -0.39 is 0 Å². The summed E-state index contributed by atoms with van der Waals surface area (Å²) in [7, 11) is 5.86. The van der Waals surface area contributed by atoms with E-state index in [0.717, 1.165) is 28.4 Å². The molecule has 7 nitrogen and oxygen atoms in total. The molecular formula is C18H22BrN7. The third-order valence-corrected chi connectivity index (χ3v) is 4.48. The van der Waals surface area contributed by atoms with Crippen molar-refractivity contribution < 1.29 is 0 Å². The topological polar surface area (TPSA) is 63.3 Å². The van der Waals surface area contributed by atoms with Gasteiger partial charge in [-0.3, -0.25) is 4.99 Å². The quantitative estimate of drug-likeness (QED) is 0.513. The van der Waals surface area contributed by atoms with Crippen molar-refractivity contribution in [3.8, 4) is 5.82 Å². The number of pyridine rings is 1. The number of aryl methyl sites for hydroxylation is 1. The van der Waals surface area contributed by atoms with Gasteiger partial charge in [-0.2, -0.15) is 5.10 Å². The minimum Gasteiger partial charge on any atom is -0.352 e. The van der Waals surface area contributed by atoms with Gasteiger partial charge in [0.15, 0.2) is 11.8 Å². The maximum Gasteiger partial charge on any atom is 0.194 e. The average Bonchev–Trinajstić information content (AvgIpc) is 3.26. The summed E-state index contributed by atoms with van der Waals surface area (Å²) in [6.45, 7) is 1.42. The van der Waals surface area contributed by atoms with E-state index in [4.69, 9.17) is 0 Å². The molecule has 3 aromatic heterocycles. The summed E-state index contributed by atoms with van der Waals surface area (Å²) in [5.74, 6) is 1.63. The predicted molar refractivity (Wildman–Crippen MR) is 106 cm³/mol. The molecule has 8 heteroatoms. The van der Waals surface area contributed by atoms with Crippen molar-refractivity contribution in [2.45, 2.75) is 13.1 Å². The van der Waals surface area contributed by atoms with Gasteiger partial charge in [-0.25, -0.2) is 9.67 Å². The van der Waals surface area contributed by atoms with Crippen LogP contribution < -0.4 is 5.32 Å². The van der Waals surface area contributed by atoms with Crippen LogP contribution in [0.15, 0.2) is 58.5 Å². The molecule has 3 heterocycles. The Morgan fingerprint density at radius 3 is 2.85 bits per heavy atom. The second-order valence-electron chi connectivity index (χ2n) is 5.99. The molecule has 26 heavy (non-hydrogen) atoms. The Kier molecular flexibility index (Phi) is 5.72. The Hall–Kier alpha value is -2.61. The third kappa shape index (κ3) is 4.32. The largest absolute Gasteiger partial charge is 0.352 e. The second-order valence-corrected chi connectivity index (χ2v) is 6.91. The fraction of sp³-hybridized carbons (Fsp3) is 0.278. The predicted octanol–water partition coefficient (Wildman–Crippen LogP) is 2.58. The Morgan fingerprint density at radius 2 is 2.19 bits per heavy atom. The van der Waals surface area contributed by atoms with Crippen molar-refractivity contribution in [1.82, 2.24) is 29.5 Å². The number of hydrogen-bond acceptors (Lipinski definition) is 3. The molecule has 3 aromatic rings. The van der Waals surface area contributed by atoms with Crippen molar-refractivity contribution in [2.24, 2.45) is 12.0 Å². The molecule has 0 spiro atoms. The van der Waals surface area contributed by atoms with E-state index >= 15 is 0 Å².